The van der Waals surface area contributed by atoms with Gasteiger partial charge in [0.15, 0.2) is 12.2 Å². The van der Waals surface area contributed by atoms with Crippen LogP contribution in [-0.4, -0.2) is 89.2 Å². The first-order valence-corrected chi connectivity index (χ1v) is 15.4. The number of aromatic nitrogens is 2. The second-order valence-electron chi connectivity index (χ2n) is 13.7. The number of amides is 2. The Bertz CT molecular complexity index is 1290. The molecule has 252 valence electrons. The molecule has 1 fully saturated rings. The maximum atomic E-state index is 12.4. The molecule has 1 saturated heterocycles. The lowest BCUT2D eigenvalue weighted by molar-refractivity contribution is -0.149. The summed E-state index contributed by atoms with van der Waals surface area (Å²) in [4.78, 5) is 37.4. The Kier molecular flexibility index (Phi) is 14.0. The first kappa shape index (κ1) is 37.7. The van der Waals surface area contributed by atoms with Gasteiger partial charge in [0.25, 0.3) is 5.56 Å². The molecule has 2 aromatic rings. The summed E-state index contributed by atoms with van der Waals surface area (Å²) >= 11 is 0. The lowest BCUT2D eigenvalue weighted by Crippen LogP contribution is -2.61. The molecule has 1 aromatic carbocycles. The molecule has 2 amide bonds. The summed E-state index contributed by atoms with van der Waals surface area (Å²) in [7, 11) is 3.83. The molecule has 3 rings (SSSR count). The van der Waals surface area contributed by atoms with E-state index in [1.807, 2.05) is 91.7 Å². The van der Waals surface area contributed by atoms with E-state index in [4.69, 9.17) is 16.2 Å². The number of benzene rings is 1. The first-order valence-electron chi connectivity index (χ1n) is 15.4. The highest BCUT2D eigenvalue weighted by atomic mass is 16.5. The summed E-state index contributed by atoms with van der Waals surface area (Å²) in [5.74, 6) is 0.813. The summed E-state index contributed by atoms with van der Waals surface area (Å²) in [5, 5.41) is 19.1. The molecule has 13 heteroatoms. The molecule has 1 aliphatic rings. The van der Waals surface area contributed by atoms with E-state index in [0.29, 0.717) is 17.9 Å². The molecular formula is C32H55N9O4. The van der Waals surface area contributed by atoms with Gasteiger partial charge in [-0.3, -0.25) is 9.79 Å². The third-order valence-electron chi connectivity index (χ3n) is 6.99. The van der Waals surface area contributed by atoms with E-state index in [1.165, 1.54) is 0 Å². The van der Waals surface area contributed by atoms with Gasteiger partial charge in [-0.15, -0.1) is 0 Å². The third-order valence-corrected chi connectivity index (χ3v) is 6.99. The Labute approximate surface area is 267 Å². The molecule has 0 spiro atoms. The zero-order valence-corrected chi connectivity index (χ0v) is 28.4. The van der Waals surface area contributed by atoms with Crippen molar-refractivity contribution in [3.05, 3.63) is 52.2 Å². The van der Waals surface area contributed by atoms with Crippen molar-refractivity contribution in [3.63, 3.8) is 0 Å². The van der Waals surface area contributed by atoms with Gasteiger partial charge in [0.1, 0.15) is 11.9 Å². The Morgan fingerprint density at radius 3 is 2.33 bits per heavy atom. The van der Waals surface area contributed by atoms with Crippen LogP contribution in [-0.2, 0) is 16.7 Å². The third kappa shape index (κ3) is 13.2. The van der Waals surface area contributed by atoms with Crippen LogP contribution in [0.1, 0.15) is 72.7 Å². The van der Waals surface area contributed by atoms with Crippen molar-refractivity contribution in [1.29, 1.82) is 0 Å². The second-order valence-corrected chi connectivity index (χ2v) is 13.7. The minimum absolute atomic E-state index is 0.00395. The number of hydrogen-bond acceptors (Lipinski definition) is 8. The number of aromatic amines is 1. The largest absolute Gasteiger partial charge is 0.387 e. The Hall–Kier alpha value is -3.52. The van der Waals surface area contributed by atoms with Gasteiger partial charge in [-0.25, -0.2) is 9.78 Å². The fourth-order valence-corrected chi connectivity index (χ4v) is 4.64. The van der Waals surface area contributed by atoms with E-state index in [9.17, 15) is 14.7 Å². The Morgan fingerprint density at radius 1 is 1.16 bits per heavy atom. The average Bonchev–Trinajstić information content (AvgIpc) is 2.91. The molecule has 4 atom stereocenters. The van der Waals surface area contributed by atoms with Crippen LogP contribution in [0.5, 0.6) is 0 Å². The average molecular weight is 630 g/mol. The van der Waals surface area contributed by atoms with Gasteiger partial charge >= 0.3 is 6.03 Å². The number of aliphatic hydroxyl groups excluding tert-OH is 1. The normalized spacial score (nSPS) is 20.2. The molecule has 1 unspecified atom stereocenters. The number of guanidine groups is 1. The number of carbonyl (C=O) groups is 1. The van der Waals surface area contributed by atoms with Crippen molar-refractivity contribution < 1.29 is 14.6 Å². The number of nitrogens with two attached hydrogens (primary N) is 2. The number of nitrogens with one attached hydrogen (secondary N) is 4. The van der Waals surface area contributed by atoms with Gasteiger partial charge in [0.05, 0.1) is 11.7 Å². The number of nitrogens with zero attached hydrogens (tertiary/aromatic N) is 3. The number of carbonyl (C=O) groups excluding carboxylic acids is 1. The number of aliphatic hydroxyl groups is 1. The van der Waals surface area contributed by atoms with E-state index < -0.39 is 12.3 Å². The van der Waals surface area contributed by atoms with Crippen molar-refractivity contribution >= 4 is 12.0 Å². The minimum atomic E-state index is -0.739. The number of aliphatic imine (C=N–C) groups is 1. The van der Waals surface area contributed by atoms with Gasteiger partial charge in [-0.05, 0) is 72.3 Å². The van der Waals surface area contributed by atoms with Crippen LogP contribution >= 0.6 is 0 Å². The molecule has 0 bridgehead atoms. The maximum absolute atomic E-state index is 12.4. The van der Waals surface area contributed by atoms with Crippen LogP contribution in [0.4, 0.5) is 4.79 Å². The highest BCUT2D eigenvalue weighted by molar-refractivity contribution is 5.75. The number of hydrogen-bond donors (Lipinski definition) is 7. The SMILES string of the molecule is CC(C)(C)c1ncc(-c2ccc(CNCCCN=C(N)N)cc2)c(=O)[nH]1.C[C@@H]1C[C@H](N(C)C)[C@@H](O)C(NC(=O)NC(C)(C)C)O1. The number of likely N-dealkylation sites (N-methyl/N-ethyl adjacent to an activating group) is 1. The summed E-state index contributed by atoms with van der Waals surface area (Å²) < 4.78 is 5.62. The second kappa shape index (κ2) is 16.7. The summed E-state index contributed by atoms with van der Waals surface area (Å²) in [6, 6.07) is 7.55. The fraction of sp³-hybridized carbons (Fsp3) is 0.625. The summed E-state index contributed by atoms with van der Waals surface area (Å²) in [5.41, 5.74) is 12.5. The molecule has 2 heterocycles. The van der Waals surface area contributed by atoms with Crippen LogP contribution in [0.15, 0.2) is 40.2 Å². The molecule has 0 saturated carbocycles. The Morgan fingerprint density at radius 2 is 1.80 bits per heavy atom. The predicted molar refractivity (Wildman–Crippen MR) is 180 cm³/mol. The maximum Gasteiger partial charge on any atom is 0.317 e. The van der Waals surface area contributed by atoms with Crippen LogP contribution < -0.4 is 33.0 Å². The minimum Gasteiger partial charge on any atom is -0.387 e. The molecule has 1 aliphatic heterocycles. The summed E-state index contributed by atoms with van der Waals surface area (Å²) in [6.07, 6.45) is 1.84. The monoisotopic (exact) mass is 629 g/mol. The predicted octanol–water partition coefficient (Wildman–Crippen LogP) is 2.00. The van der Waals surface area contributed by atoms with Crippen molar-refractivity contribution in [3.8, 4) is 11.1 Å². The van der Waals surface area contributed by atoms with Crippen molar-refractivity contribution in [2.75, 3.05) is 27.2 Å². The lowest BCUT2D eigenvalue weighted by Gasteiger charge is -2.41. The van der Waals surface area contributed by atoms with E-state index in [1.54, 1.807) is 6.20 Å². The van der Waals surface area contributed by atoms with Gasteiger partial charge in [-0.2, -0.15) is 0 Å². The van der Waals surface area contributed by atoms with Crippen molar-refractivity contribution in [1.82, 2.24) is 30.8 Å². The van der Waals surface area contributed by atoms with Gasteiger partial charge in [0, 0.05) is 36.3 Å². The van der Waals surface area contributed by atoms with Crippen LogP contribution in [0, 0.1) is 0 Å². The molecule has 0 aliphatic carbocycles. The zero-order valence-electron chi connectivity index (χ0n) is 28.4. The first-order chi connectivity index (χ1) is 20.9. The van der Waals surface area contributed by atoms with Crippen LogP contribution in [0.25, 0.3) is 11.1 Å². The van der Waals surface area contributed by atoms with Gasteiger partial charge in [0.2, 0.25) is 0 Å². The zero-order chi connectivity index (χ0) is 33.9. The number of urea groups is 1. The van der Waals surface area contributed by atoms with Gasteiger partial charge in [-0.1, -0.05) is 45.0 Å². The highest BCUT2D eigenvalue weighted by Gasteiger charge is 2.38. The smallest absolute Gasteiger partial charge is 0.317 e. The molecular weight excluding hydrogens is 574 g/mol. The Balaban J connectivity index is 0.000000330. The quantitative estimate of drug-likeness (QED) is 0.123. The fourth-order valence-electron chi connectivity index (χ4n) is 4.64. The standard InChI is InChI=1S/C19H28N6O.C13H27N3O3/c1-19(2,3)17-24-12-15(16(26)25-17)14-7-5-13(6-8-14)11-22-9-4-10-23-18(20)21;1-8-7-9(16(5)6)10(17)11(19-8)14-12(18)15-13(2,3)4/h5-8,12,22H,4,9-11H2,1-3H3,(H4,20,21,23)(H,24,25,26);8-11,17H,7H2,1-6H3,(H2,14,15,18)/t;8-,9+,10-,11?/m.1/s1. The van der Waals surface area contributed by atoms with E-state index in [2.05, 4.69) is 30.9 Å². The topological polar surface area (TPSA) is 196 Å². The molecule has 1 aromatic heterocycles. The van der Waals surface area contributed by atoms with Gasteiger partial charge < -0.3 is 47.1 Å². The number of H-pyrrole nitrogens is 1. The lowest BCUT2D eigenvalue weighted by atomic mass is 9.95. The number of ether oxygens (including phenoxy) is 1. The summed E-state index contributed by atoms with van der Waals surface area (Å²) in [6.45, 7) is 15.9. The molecule has 13 nitrogen and oxygen atoms in total. The molecule has 9 N–H and O–H groups in total. The molecule has 0 radical (unpaired) electrons. The number of rotatable bonds is 9. The van der Waals surface area contributed by atoms with Crippen LogP contribution in [0.2, 0.25) is 0 Å². The van der Waals surface area contributed by atoms with E-state index >= 15 is 0 Å². The van der Waals surface area contributed by atoms with Crippen molar-refractivity contribution in [2.24, 2.45) is 16.5 Å². The van der Waals surface area contributed by atoms with E-state index in [-0.39, 0.29) is 40.6 Å². The molecule has 45 heavy (non-hydrogen) atoms. The van der Waals surface area contributed by atoms with E-state index in [0.717, 1.165) is 37.1 Å². The highest BCUT2D eigenvalue weighted by Crippen LogP contribution is 2.22. The van der Waals surface area contributed by atoms with Crippen LogP contribution in [0.3, 0.4) is 0 Å². The van der Waals surface area contributed by atoms with Crippen molar-refractivity contribution in [2.45, 2.75) is 103 Å².